The van der Waals surface area contributed by atoms with Crippen LogP contribution in [0.15, 0.2) is 48.6 Å². The van der Waals surface area contributed by atoms with Crippen molar-refractivity contribution < 1.29 is 5.11 Å². The molecular formula is C18H17NO. The first-order valence-corrected chi connectivity index (χ1v) is 6.77. The summed E-state index contributed by atoms with van der Waals surface area (Å²) in [6, 6.07) is 11.6. The lowest BCUT2D eigenvalue weighted by Gasteiger charge is -2.00. The van der Waals surface area contributed by atoms with Crippen molar-refractivity contribution in [3.63, 3.8) is 0 Å². The molecule has 0 heterocycles. The quantitative estimate of drug-likeness (QED) is 0.710. The van der Waals surface area contributed by atoms with Gasteiger partial charge in [-0.25, -0.2) is 0 Å². The Hall–Kier alpha value is -2.48. The van der Waals surface area contributed by atoms with E-state index in [4.69, 9.17) is 5.73 Å². The summed E-state index contributed by atoms with van der Waals surface area (Å²) >= 11 is 0. The number of benzene rings is 2. The molecule has 100 valence electrons. The highest BCUT2D eigenvalue weighted by molar-refractivity contribution is 5.67. The summed E-state index contributed by atoms with van der Waals surface area (Å²) < 4.78 is 0. The zero-order valence-electron chi connectivity index (χ0n) is 11.2. The number of rotatable bonds is 0. The Morgan fingerprint density at radius 1 is 0.800 bits per heavy atom. The van der Waals surface area contributed by atoms with Gasteiger partial charge >= 0.3 is 0 Å². The van der Waals surface area contributed by atoms with Crippen LogP contribution in [0.2, 0.25) is 0 Å². The molecule has 0 aromatic heterocycles. The maximum Gasteiger partial charge on any atom is 0.119 e. The molecule has 0 spiro atoms. The topological polar surface area (TPSA) is 46.2 Å². The second-order valence-electron chi connectivity index (χ2n) is 4.97. The van der Waals surface area contributed by atoms with E-state index in [1.54, 1.807) is 6.07 Å². The van der Waals surface area contributed by atoms with Gasteiger partial charge in [-0.05, 0) is 41.7 Å². The Labute approximate surface area is 118 Å². The van der Waals surface area contributed by atoms with Crippen LogP contribution < -0.4 is 5.73 Å². The number of hydrogen-bond acceptors (Lipinski definition) is 2. The van der Waals surface area contributed by atoms with Crippen molar-refractivity contribution in [3.05, 3.63) is 70.8 Å². The summed E-state index contributed by atoms with van der Waals surface area (Å²) in [7, 11) is 0. The molecule has 0 saturated carbocycles. The second-order valence-corrected chi connectivity index (χ2v) is 4.97. The number of allylic oxidation sites excluding steroid dienone is 2. The Balaban J connectivity index is 0.000000121. The highest BCUT2D eigenvalue weighted by Gasteiger charge is 2.07. The number of aromatic hydroxyl groups is 1. The molecule has 2 aliphatic carbocycles. The van der Waals surface area contributed by atoms with Crippen molar-refractivity contribution in [2.45, 2.75) is 12.8 Å². The van der Waals surface area contributed by atoms with Crippen molar-refractivity contribution in [1.82, 2.24) is 0 Å². The molecule has 2 heteroatoms. The summed E-state index contributed by atoms with van der Waals surface area (Å²) in [5.41, 5.74) is 11.4. The summed E-state index contributed by atoms with van der Waals surface area (Å²) in [5, 5.41) is 9.29. The standard InChI is InChI=1S/C9H9N.C9H8O/c2*10-9-6-2-4-7-3-1-5-8(7)9/h1-4,6H,5,10H2;1-4,6,10H,5H2. The van der Waals surface area contributed by atoms with Crippen LogP contribution in [-0.4, -0.2) is 5.11 Å². The van der Waals surface area contributed by atoms with Gasteiger partial charge in [-0.1, -0.05) is 48.6 Å². The summed E-state index contributed by atoms with van der Waals surface area (Å²) in [6.07, 6.45) is 10.2. The molecule has 2 aromatic carbocycles. The van der Waals surface area contributed by atoms with Crippen molar-refractivity contribution >= 4 is 17.8 Å². The molecule has 20 heavy (non-hydrogen) atoms. The maximum absolute atomic E-state index is 9.29. The minimum Gasteiger partial charge on any atom is -0.508 e. The molecule has 2 nitrogen and oxygen atoms in total. The molecule has 2 aromatic rings. The molecule has 0 unspecified atom stereocenters. The van der Waals surface area contributed by atoms with Gasteiger partial charge in [-0.3, -0.25) is 0 Å². The predicted molar refractivity (Wildman–Crippen MR) is 84.4 cm³/mol. The molecule has 2 aliphatic rings. The SMILES string of the molecule is Nc1cccc2c1CC=C2.Oc1cccc2c1CC=C2. The third-order valence-corrected chi connectivity index (χ3v) is 3.67. The van der Waals surface area contributed by atoms with Gasteiger partial charge in [0.05, 0.1) is 0 Å². The van der Waals surface area contributed by atoms with Gasteiger partial charge in [0.1, 0.15) is 5.75 Å². The molecule has 0 bridgehead atoms. The molecule has 0 amide bonds. The molecular weight excluding hydrogens is 246 g/mol. The van der Waals surface area contributed by atoms with Crippen LogP contribution in [-0.2, 0) is 12.8 Å². The number of hydrogen-bond donors (Lipinski definition) is 2. The van der Waals surface area contributed by atoms with E-state index in [2.05, 4.69) is 24.3 Å². The third-order valence-electron chi connectivity index (χ3n) is 3.67. The number of phenolic OH excluding ortho intramolecular Hbond substituents is 1. The van der Waals surface area contributed by atoms with E-state index in [-0.39, 0.29) is 0 Å². The smallest absolute Gasteiger partial charge is 0.119 e. The normalized spacial score (nSPS) is 13.6. The van der Waals surface area contributed by atoms with E-state index >= 15 is 0 Å². The van der Waals surface area contributed by atoms with Crippen LogP contribution in [0.5, 0.6) is 5.75 Å². The average molecular weight is 263 g/mol. The first kappa shape index (κ1) is 12.5. The maximum atomic E-state index is 9.29. The predicted octanol–water partition coefficient (Wildman–Crippen LogP) is 3.80. The first-order valence-electron chi connectivity index (χ1n) is 6.77. The fraction of sp³-hybridized carbons (Fsp3) is 0.111. The largest absolute Gasteiger partial charge is 0.508 e. The van der Waals surface area contributed by atoms with Crippen LogP contribution in [0.4, 0.5) is 5.69 Å². The molecule has 0 radical (unpaired) electrons. The molecule has 0 atom stereocenters. The number of fused-ring (bicyclic) bond motifs is 2. The Morgan fingerprint density at radius 2 is 1.40 bits per heavy atom. The van der Waals surface area contributed by atoms with E-state index in [9.17, 15) is 5.11 Å². The highest BCUT2D eigenvalue weighted by Crippen LogP contribution is 2.27. The van der Waals surface area contributed by atoms with Gasteiger partial charge < -0.3 is 10.8 Å². The minimum absolute atomic E-state index is 0.419. The molecule has 0 fully saturated rings. The van der Waals surface area contributed by atoms with E-state index in [0.717, 1.165) is 29.7 Å². The fourth-order valence-electron chi connectivity index (χ4n) is 2.59. The Morgan fingerprint density at radius 3 is 2.05 bits per heavy atom. The van der Waals surface area contributed by atoms with Gasteiger partial charge in [0.25, 0.3) is 0 Å². The number of nitrogen functional groups attached to an aromatic ring is 1. The highest BCUT2D eigenvalue weighted by atomic mass is 16.3. The van der Waals surface area contributed by atoms with Crippen LogP contribution in [0.3, 0.4) is 0 Å². The zero-order chi connectivity index (χ0) is 13.9. The minimum atomic E-state index is 0.419. The van der Waals surface area contributed by atoms with Crippen LogP contribution in [0.25, 0.3) is 12.2 Å². The fourth-order valence-corrected chi connectivity index (χ4v) is 2.59. The summed E-state index contributed by atoms with van der Waals surface area (Å²) in [4.78, 5) is 0. The zero-order valence-corrected chi connectivity index (χ0v) is 11.2. The molecule has 0 saturated heterocycles. The second kappa shape index (κ2) is 5.25. The van der Waals surface area contributed by atoms with Gasteiger partial charge in [0, 0.05) is 11.3 Å². The third kappa shape index (κ3) is 2.32. The van der Waals surface area contributed by atoms with Crippen LogP contribution >= 0.6 is 0 Å². The molecule has 3 N–H and O–H groups in total. The van der Waals surface area contributed by atoms with Crippen molar-refractivity contribution in [2.75, 3.05) is 5.73 Å². The Bertz CT molecular complexity index is 637. The van der Waals surface area contributed by atoms with E-state index in [1.807, 2.05) is 30.3 Å². The summed E-state index contributed by atoms with van der Waals surface area (Å²) in [5.74, 6) is 0.419. The monoisotopic (exact) mass is 263 g/mol. The number of nitrogens with two attached hydrogens (primary N) is 1. The van der Waals surface area contributed by atoms with Gasteiger partial charge in [0.2, 0.25) is 0 Å². The number of phenols is 1. The van der Waals surface area contributed by atoms with Crippen molar-refractivity contribution in [2.24, 2.45) is 0 Å². The molecule has 4 rings (SSSR count). The van der Waals surface area contributed by atoms with Gasteiger partial charge in [-0.2, -0.15) is 0 Å². The Kier molecular flexibility index (Phi) is 3.30. The number of anilines is 1. The van der Waals surface area contributed by atoms with Gasteiger partial charge in [0.15, 0.2) is 0 Å². The van der Waals surface area contributed by atoms with E-state index in [1.165, 1.54) is 11.1 Å². The van der Waals surface area contributed by atoms with Crippen molar-refractivity contribution in [1.29, 1.82) is 0 Å². The van der Waals surface area contributed by atoms with E-state index < -0.39 is 0 Å². The van der Waals surface area contributed by atoms with Gasteiger partial charge in [-0.15, -0.1) is 0 Å². The lowest BCUT2D eigenvalue weighted by Crippen LogP contribution is -1.91. The van der Waals surface area contributed by atoms with Crippen LogP contribution in [0, 0.1) is 0 Å². The van der Waals surface area contributed by atoms with Crippen LogP contribution in [0.1, 0.15) is 22.3 Å². The lowest BCUT2D eigenvalue weighted by atomic mass is 10.1. The molecule has 0 aliphatic heterocycles. The van der Waals surface area contributed by atoms with Crippen molar-refractivity contribution in [3.8, 4) is 5.75 Å². The summed E-state index contributed by atoms with van der Waals surface area (Å²) in [6.45, 7) is 0. The first-order chi connectivity index (χ1) is 9.75. The lowest BCUT2D eigenvalue weighted by molar-refractivity contribution is 0.470. The average Bonchev–Trinajstić information content (AvgIpc) is 3.08. The van der Waals surface area contributed by atoms with E-state index in [0.29, 0.717) is 5.75 Å².